The van der Waals surface area contributed by atoms with Gasteiger partial charge in [0.2, 0.25) is 0 Å². The van der Waals surface area contributed by atoms with Crippen LogP contribution in [-0.2, 0) is 14.4 Å². The summed E-state index contributed by atoms with van der Waals surface area (Å²) < 4.78 is 0. The van der Waals surface area contributed by atoms with Gasteiger partial charge in [0, 0.05) is 11.5 Å². The molecular weight excluding hydrogens is 356 g/mol. The molecule has 6 fully saturated rings. The normalized spacial score (nSPS) is 42.6. The Morgan fingerprint density at radius 2 is 1.50 bits per heavy atom. The van der Waals surface area contributed by atoms with Crippen LogP contribution in [0.2, 0.25) is 0 Å². The molecule has 0 aromatic rings. The van der Waals surface area contributed by atoms with Gasteiger partial charge >= 0.3 is 17.8 Å². The molecule has 6 aliphatic rings. The molecule has 0 spiro atoms. The lowest BCUT2D eigenvalue weighted by Gasteiger charge is -2.56. The minimum atomic E-state index is -0.805. The fourth-order valence-corrected chi connectivity index (χ4v) is 7.40. The van der Waals surface area contributed by atoms with E-state index in [1.165, 1.54) is 24.2 Å². The van der Waals surface area contributed by atoms with Gasteiger partial charge in [-0.15, -0.1) is 0 Å². The molecule has 0 N–H and O–H groups in total. The highest BCUT2D eigenvalue weighted by molar-refractivity contribution is 6.45. The van der Waals surface area contributed by atoms with E-state index in [4.69, 9.17) is 0 Å². The predicted octanol–water partition coefficient (Wildman–Crippen LogP) is 3.14. The fourth-order valence-electron chi connectivity index (χ4n) is 7.40. The Hall–Kier alpha value is -1.72. The van der Waals surface area contributed by atoms with Crippen LogP contribution < -0.4 is 0 Å². The number of imide groups is 2. The smallest absolute Gasteiger partial charge is 0.297 e. The first-order chi connectivity index (χ1) is 13.4. The van der Waals surface area contributed by atoms with Crippen LogP contribution in [0.5, 0.6) is 0 Å². The van der Waals surface area contributed by atoms with E-state index in [-0.39, 0.29) is 29.7 Å². The number of urea groups is 1. The molecule has 1 aliphatic heterocycles. The summed E-state index contributed by atoms with van der Waals surface area (Å²) in [6, 6.07) is -0.774. The number of amides is 4. The summed E-state index contributed by atoms with van der Waals surface area (Å²) in [5.74, 6) is 0.556. The number of nitrogens with zero attached hydrogens (tertiary/aromatic N) is 2. The molecule has 0 aromatic heterocycles. The number of rotatable bonds is 4. The predicted molar refractivity (Wildman–Crippen MR) is 101 cm³/mol. The zero-order valence-electron chi connectivity index (χ0n) is 16.7. The number of carbonyl (C=O) groups is 4. The highest BCUT2D eigenvalue weighted by atomic mass is 16.2. The van der Waals surface area contributed by atoms with Crippen molar-refractivity contribution in [1.29, 1.82) is 0 Å². The maximum Gasteiger partial charge on any atom is 0.334 e. The van der Waals surface area contributed by atoms with E-state index in [9.17, 15) is 19.2 Å². The summed E-state index contributed by atoms with van der Waals surface area (Å²) in [6.45, 7) is 1.82. The third-order valence-electron chi connectivity index (χ3n) is 8.41. The summed E-state index contributed by atoms with van der Waals surface area (Å²) >= 11 is 0. The second-order valence-corrected chi connectivity index (χ2v) is 10.3. The number of hydrogen-bond acceptors (Lipinski definition) is 4. The SMILES string of the molecule is C[C@@H]1CCCC[C@@H]1N1C(=O)C(=O)N(CC(=O)C23CC4CC(CC(C4)C2)C3)C1=O. The highest BCUT2D eigenvalue weighted by Gasteiger charge is 2.56. The Bertz CT molecular complexity index is 710. The van der Waals surface area contributed by atoms with Gasteiger partial charge in [0.25, 0.3) is 0 Å². The average Bonchev–Trinajstić information content (AvgIpc) is 2.85. The van der Waals surface area contributed by atoms with Crippen molar-refractivity contribution in [3.8, 4) is 0 Å². The first kappa shape index (κ1) is 18.3. The first-order valence-electron chi connectivity index (χ1n) is 11.1. The highest BCUT2D eigenvalue weighted by Crippen LogP contribution is 2.60. The monoisotopic (exact) mass is 386 g/mol. The van der Waals surface area contributed by atoms with Crippen molar-refractivity contribution >= 4 is 23.6 Å². The van der Waals surface area contributed by atoms with Gasteiger partial charge in [-0.3, -0.25) is 19.3 Å². The molecular formula is C22H30N2O4. The van der Waals surface area contributed by atoms with Gasteiger partial charge in [-0.25, -0.2) is 9.69 Å². The van der Waals surface area contributed by atoms with Gasteiger partial charge in [0.15, 0.2) is 5.78 Å². The standard InChI is InChI=1S/C22H30N2O4/c1-13-4-2-3-5-17(13)24-20(27)19(26)23(21(24)28)12-18(25)22-9-14-6-15(10-22)8-16(7-14)11-22/h13-17H,2-12H2,1H3/t13-,14?,15?,16?,17+,22?/m1/s1. The summed E-state index contributed by atoms with van der Waals surface area (Å²) in [7, 11) is 0. The lowest BCUT2D eigenvalue weighted by atomic mass is 9.48. The van der Waals surface area contributed by atoms with Gasteiger partial charge in [-0.05, 0) is 75.0 Å². The van der Waals surface area contributed by atoms with E-state index >= 15 is 0 Å². The minimum Gasteiger partial charge on any atom is -0.297 e. The van der Waals surface area contributed by atoms with Crippen LogP contribution in [0.15, 0.2) is 0 Å². The lowest BCUT2D eigenvalue weighted by molar-refractivity contribution is -0.149. The molecule has 0 aromatic carbocycles. The Kier molecular flexibility index (Phi) is 4.18. The van der Waals surface area contributed by atoms with E-state index in [1.54, 1.807) is 0 Å². The van der Waals surface area contributed by atoms with E-state index in [0.717, 1.165) is 49.8 Å². The van der Waals surface area contributed by atoms with Crippen LogP contribution in [0, 0.1) is 29.1 Å². The van der Waals surface area contributed by atoms with Crippen molar-refractivity contribution in [1.82, 2.24) is 9.80 Å². The van der Waals surface area contributed by atoms with Crippen LogP contribution in [0.4, 0.5) is 4.79 Å². The molecule has 4 bridgehead atoms. The van der Waals surface area contributed by atoms with Gasteiger partial charge in [-0.1, -0.05) is 19.8 Å². The Morgan fingerprint density at radius 1 is 0.929 bits per heavy atom. The van der Waals surface area contributed by atoms with Crippen molar-refractivity contribution in [2.45, 2.75) is 77.2 Å². The van der Waals surface area contributed by atoms with Crippen LogP contribution >= 0.6 is 0 Å². The molecule has 152 valence electrons. The van der Waals surface area contributed by atoms with Crippen LogP contribution in [0.1, 0.15) is 71.1 Å². The summed E-state index contributed by atoms with van der Waals surface area (Å²) in [5.41, 5.74) is -0.357. The van der Waals surface area contributed by atoms with Crippen molar-refractivity contribution in [3.05, 3.63) is 0 Å². The largest absolute Gasteiger partial charge is 0.334 e. The van der Waals surface area contributed by atoms with Crippen molar-refractivity contribution < 1.29 is 19.2 Å². The summed E-state index contributed by atoms with van der Waals surface area (Å²) in [4.78, 5) is 53.6. The Morgan fingerprint density at radius 3 is 2.07 bits per heavy atom. The molecule has 5 saturated carbocycles. The zero-order valence-corrected chi connectivity index (χ0v) is 16.7. The summed E-state index contributed by atoms with van der Waals surface area (Å²) in [6.07, 6.45) is 10.2. The first-order valence-corrected chi connectivity index (χ1v) is 11.1. The number of carbonyl (C=O) groups excluding carboxylic acids is 4. The molecule has 1 heterocycles. The third kappa shape index (κ3) is 2.66. The van der Waals surface area contributed by atoms with Crippen molar-refractivity contribution in [2.24, 2.45) is 29.1 Å². The summed E-state index contributed by atoms with van der Waals surface area (Å²) in [5, 5.41) is 0. The maximum absolute atomic E-state index is 13.3. The Labute approximate surface area is 166 Å². The molecule has 0 radical (unpaired) electrons. The van der Waals surface area contributed by atoms with Crippen molar-refractivity contribution in [2.75, 3.05) is 6.54 Å². The molecule has 0 unspecified atom stereocenters. The van der Waals surface area contributed by atoms with Crippen LogP contribution in [0.3, 0.4) is 0 Å². The van der Waals surface area contributed by atoms with E-state index in [0.29, 0.717) is 17.8 Å². The quantitative estimate of drug-likeness (QED) is 0.549. The van der Waals surface area contributed by atoms with Crippen molar-refractivity contribution in [3.63, 3.8) is 0 Å². The van der Waals surface area contributed by atoms with E-state index < -0.39 is 17.8 Å². The molecule has 6 heteroatoms. The maximum atomic E-state index is 13.3. The molecule has 4 amide bonds. The molecule has 6 nitrogen and oxygen atoms in total. The van der Waals surface area contributed by atoms with E-state index in [1.807, 2.05) is 6.92 Å². The van der Waals surface area contributed by atoms with Gasteiger partial charge in [-0.2, -0.15) is 0 Å². The van der Waals surface area contributed by atoms with Crippen LogP contribution in [-0.4, -0.2) is 46.0 Å². The molecule has 5 aliphatic carbocycles. The molecule has 28 heavy (non-hydrogen) atoms. The van der Waals surface area contributed by atoms with E-state index in [2.05, 4.69) is 0 Å². The second-order valence-electron chi connectivity index (χ2n) is 10.3. The van der Waals surface area contributed by atoms with Crippen LogP contribution in [0.25, 0.3) is 0 Å². The fraction of sp³-hybridized carbons (Fsp3) is 0.818. The van der Waals surface area contributed by atoms with Gasteiger partial charge in [0.1, 0.15) is 0 Å². The zero-order chi connectivity index (χ0) is 19.6. The minimum absolute atomic E-state index is 0.0136. The second kappa shape index (κ2) is 6.39. The molecule has 1 saturated heterocycles. The topological polar surface area (TPSA) is 74.8 Å². The molecule has 2 atom stereocenters. The van der Waals surface area contributed by atoms with Gasteiger partial charge in [0.05, 0.1) is 6.54 Å². The average molecular weight is 386 g/mol. The lowest BCUT2D eigenvalue weighted by Crippen LogP contribution is -2.53. The van der Waals surface area contributed by atoms with Gasteiger partial charge < -0.3 is 0 Å². The third-order valence-corrected chi connectivity index (χ3v) is 8.41. The number of hydrogen-bond donors (Lipinski definition) is 0. The molecule has 6 rings (SSSR count). The Balaban J connectivity index is 1.34. The number of Topliss-reactive ketones (excluding diaryl/α,β-unsaturated/α-hetero) is 1. The number of ketones is 1.